The molecule has 1 N–H and O–H groups in total. The van der Waals surface area contributed by atoms with Gasteiger partial charge in [0.25, 0.3) is 5.56 Å². The summed E-state index contributed by atoms with van der Waals surface area (Å²) in [4.78, 5) is 46.4. The fourth-order valence-corrected chi connectivity index (χ4v) is 3.19. The Bertz CT molecular complexity index is 682. The largest absolute Gasteiger partial charge is 0.339 e. The van der Waals surface area contributed by atoms with E-state index in [1.54, 1.807) is 16.7 Å². The zero-order chi connectivity index (χ0) is 15.9. The topological polar surface area (TPSA) is 86.4 Å². The Balaban J connectivity index is 1.66. The molecule has 118 valence electrons. The first kappa shape index (κ1) is 14.7. The van der Waals surface area contributed by atoms with Crippen LogP contribution in [0.5, 0.6) is 0 Å². The van der Waals surface area contributed by atoms with Crippen LogP contribution in [0.3, 0.4) is 0 Å². The fraction of sp³-hybridized carbons (Fsp3) is 0.600. The standard InChI is InChI=1S/C15H20N4O3/c1-9(19-5-3-4-13(19)20)6-14(21)18-7-11-12(8-18)16-10(2)17-15(11)22/h9H,3-8H2,1-2H3,(H,16,17,22). The molecule has 7 heteroatoms. The summed E-state index contributed by atoms with van der Waals surface area (Å²) in [6, 6.07) is -0.0980. The van der Waals surface area contributed by atoms with Crippen LogP contribution in [-0.4, -0.2) is 44.2 Å². The molecular formula is C15H20N4O3. The first-order chi connectivity index (χ1) is 10.5. The number of hydrogen-bond acceptors (Lipinski definition) is 4. The van der Waals surface area contributed by atoms with Crippen LogP contribution in [-0.2, 0) is 22.7 Å². The molecule has 0 aromatic carbocycles. The van der Waals surface area contributed by atoms with Gasteiger partial charge in [0, 0.05) is 25.4 Å². The molecule has 1 fully saturated rings. The van der Waals surface area contributed by atoms with Crippen molar-refractivity contribution in [2.45, 2.75) is 52.2 Å². The van der Waals surface area contributed by atoms with Gasteiger partial charge < -0.3 is 14.8 Å². The maximum Gasteiger partial charge on any atom is 0.256 e. The highest BCUT2D eigenvalue weighted by Crippen LogP contribution is 2.21. The van der Waals surface area contributed by atoms with E-state index in [4.69, 9.17) is 0 Å². The molecule has 1 atom stereocenters. The van der Waals surface area contributed by atoms with Crippen molar-refractivity contribution in [3.8, 4) is 0 Å². The van der Waals surface area contributed by atoms with Crippen molar-refractivity contribution in [1.82, 2.24) is 19.8 Å². The Morgan fingerprint density at radius 1 is 1.36 bits per heavy atom. The van der Waals surface area contributed by atoms with Gasteiger partial charge in [-0.2, -0.15) is 0 Å². The van der Waals surface area contributed by atoms with Crippen LogP contribution in [0.25, 0.3) is 0 Å². The first-order valence-electron chi connectivity index (χ1n) is 7.61. The number of carbonyl (C=O) groups is 2. The van der Waals surface area contributed by atoms with Crippen molar-refractivity contribution in [2.24, 2.45) is 0 Å². The van der Waals surface area contributed by atoms with Crippen LogP contribution < -0.4 is 5.56 Å². The number of likely N-dealkylation sites (tertiary alicyclic amines) is 1. The number of aryl methyl sites for hydroxylation is 1. The molecule has 7 nitrogen and oxygen atoms in total. The van der Waals surface area contributed by atoms with Gasteiger partial charge in [0.2, 0.25) is 11.8 Å². The number of aromatic amines is 1. The zero-order valence-electron chi connectivity index (χ0n) is 12.9. The number of carbonyl (C=O) groups excluding carboxylic acids is 2. The number of amides is 2. The smallest absolute Gasteiger partial charge is 0.256 e. The molecule has 0 spiro atoms. The summed E-state index contributed by atoms with van der Waals surface area (Å²) in [6.07, 6.45) is 1.73. The van der Waals surface area contributed by atoms with Crippen molar-refractivity contribution in [3.05, 3.63) is 27.4 Å². The van der Waals surface area contributed by atoms with Gasteiger partial charge in [-0.15, -0.1) is 0 Å². The van der Waals surface area contributed by atoms with Crippen molar-refractivity contribution in [2.75, 3.05) is 6.54 Å². The minimum absolute atomic E-state index is 0.0396. The summed E-state index contributed by atoms with van der Waals surface area (Å²) in [5.74, 6) is 0.648. The minimum Gasteiger partial charge on any atom is -0.339 e. The maximum absolute atomic E-state index is 12.4. The average molecular weight is 304 g/mol. The van der Waals surface area contributed by atoms with E-state index in [1.165, 1.54) is 0 Å². The number of nitrogens with one attached hydrogen (secondary N) is 1. The second kappa shape index (κ2) is 5.55. The van der Waals surface area contributed by atoms with Crippen LogP contribution in [0.1, 0.15) is 43.3 Å². The molecule has 1 unspecified atom stereocenters. The van der Waals surface area contributed by atoms with Crippen LogP contribution in [0.4, 0.5) is 0 Å². The Hall–Kier alpha value is -2.18. The second-order valence-corrected chi connectivity index (χ2v) is 6.07. The predicted octanol–water partition coefficient (Wildman–Crippen LogP) is 0.322. The van der Waals surface area contributed by atoms with E-state index < -0.39 is 0 Å². The second-order valence-electron chi connectivity index (χ2n) is 6.07. The number of fused-ring (bicyclic) bond motifs is 1. The number of rotatable bonds is 3. The van der Waals surface area contributed by atoms with Crippen molar-refractivity contribution < 1.29 is 9.59 Å². The molecule has 3 heterocycles. The Labute approximate surface area is 128 Å². The molecule has 22 heavy (non-hydrogen) atoms. The monoisotopic (exact) mass is 304 g/mol. The Morgan fingerprint density at radius 3 is 2.82 bits per heavy atom. The molecule has 3 rings (SSSR count). The molecule has 0 radical (unpaired) electrons. The third kappa shape index (κ3) is 2.63. The number of H-pyrrole nitrogens is 1. The van der Waals surface area contributed by atoms with Crippen LogP contribution in [0, 0.1) is 6.92 Å². The highest BCUT2D eigenvalue weighted by Gasteiger charge is 2.31. The maximum atomic E-state index is 12.4. The lowest BCUT2D eigenvalue weighted by atomic mass is 10.2. The van der Waals surface area contributed by atoms with E-state index in [2.05, 4.69) is 9.97 Å². The molecule has 2 aliphatic heterocycles. The Kier molecular flexibility index (Phi) is 3.72. The number of aromatic nitrogens is 2. The molecule has 2 aliphatic rings. The number of nitrogens with zero attached hydrogens (tertiary/aromatic N) is 3. The van der Waals surface area contributed by atoms with Gasteiger partial charge >= 0.3 is 0 Å². The molecule has 1 aromatic heterocycles. The van der Waals surface area contributed by atoms with Crippen molar-refractivity contribution in [1.29, 1.82) is 0 Å². The van der Waals surface area contributed by atoms with Crippen LogP contribution in [0.2, 0.25) is 0 Å². The van der Waals surface area contributed by atoms with E-state index in [-0.39, 0.29) is 29.8 Å². The van der Waals surface area contributed by atoms with Gasteiger partial charge in [-0.05, 0) is 20.3 Å². The SMILES string of the molecule is Cc1nc2c(c(=O)[nH]1)CN(C(=O)CC(C)N1CCCC1=O)C2. The summed E-state index contributed by atoms with van der Waals surface area (Å²) in [5, 5.41) is 0. The molecule has 2 amide bonds. The predicted molar refractivity (Wildman–Crippen MR) is 78.9 cm³/mol. The molecule has 0 aliphatic carbocycles. The zero-order valence-corrected chi connectivity index (χ0v) is 12.9. The molecule has 0 saturated carbocycles. The van der Waals surface area contributed by atoms with Gasteiger partial charge in [-0.25, -0.2) is 4.98 Å². The molecular weight excluding hydrogens is 284 g/mol. The minimum atomic E-state index is -0.166. The normalized spacial score (nSPS) is 18.7. The first-order valence-corrected chi connectivity index (χ1v) is 7.61. The van der Waals surface area contributed by atoms with E-state index in [9.17, 15) is 14.4 Å². The molecule has 1 saturated heterocycles. The fourth-order valence-electron chi connectivity index (χ4n) is 3.19. The quantitative estimate of drug-likeness (QED) is 0.871. The van der Waals surface area contributed by atoms with Gasteiger partial charge in [-0.1, -0.05) is 0 Å². The lowest BCUT2D eigenvalue weighted by Gasteiger charge is -2.25. The van der Waals surface area contributed by atoms with E-state index in [0.29, 0.717) is 36.6 Å². The third-order valence-electron chi connectivity index (χ3n) is 4.37. The summed E-state index contributed by atoms with van der Waals surface area (Å²) in [5.41, 5.74) is 1.09. The van der Waals surface area contributed by atoms with E-state index in [1.807, 2.05) is 6.92 Å². The lowest BCUT2D eigenvalue weighted by Crippen LogP contribution is -2.38. The average Bonchev–Trinajstić information content (AvgIpc) is 3.04. The van der Waals surface area contributed by atoms with Crippen molar-refractivity contribution >= 4 is 11.8 Å². The number of hydrogen-bond donors (Lipinski definition) is 1. The van der Waals surface area contributed by atoms with Gasteiger partial charge in [0.05, 0.1) is 24.3 Å². The molecule has 1 aromatic rings. The Morgan fingerprint density at radius 2 is 2.14 bits per heavy atom. The molecule has 0 bridgehead atoms. The van der Waals surface area contributed by atoms with Gasteiger partial charge in [0.1, 0.15) is 5.82 Å². The summed E-state index contributed by atoms with van der Waals surface area (Å²) in [7, 11) is 0. The summed E-state index contributed by atoms with van der Waals surface area (Å²) >= 11 is 0. The highest BCUT2D eigenvalue weighted by molar-refractivity contribution is 5.81. The van der Waals surface area contributed by atoms with E-state index >= 15 is 0 Å². The highest BCUT2D eigenvalue weighted by atomic mass is 16.2. The lowest BCUT2D eigenvalue weighted by molar-refractivity contribution is -0.135. The van der Waals surface area contributed by atoms with Crippen LogP contribution >= 0.6 is 0 Å². The third-order valence-corrected chi connectivity index (χ3v) is 4.37. The van der Waals surface area contributed by atoms with Crippen molar-refractivity contribution in [3.63, 3.8) is 0 Å². The van der Waals surface area contributed by atoms with Gasteiger partial charge in [-0.3, -0.25) is 14.4 Å². The summed E-state index contributed by atoms with van der Waals surface area (Å²) in [6.45, 7) is 5.04. The van der Waals surface area contributed by atoms with Crippen LogP contribution in [0.15, 0.2) is 4.79 Å². The van der Waals surface area contributed by atoms with Gasteiger partial charge in [0.15, 0.2) is 0 Å². The summed E-state index contributed by atoms with van der Waals surface area (Å²) < 4.78 is 0. The van der Waals surface area contributed by atoms with E-state index in [0.717, 1.165) is 13.0 Å².